The largest absolute Gasteiger partial charge is 0.417 e. The van der Waals surface area contributed by atoms with Gasteiger partial charge in [-0.25, -0.2) is 0 Å². The molecule has 156 valence electrons. The minimum absolute atomic E-state index is 0.142. The third kappa shape index (κ3) is 4.18. The first-order valence-corrected chi connectivity index (χ1v) is 11.1. The van der Waals surface area contributed by atoms with Crippen LogP contribution in [-0.4, -0.2) is 29.4 Å². The molecular weight excluding hydrogens is 421 g/mol. The number of fused-ring (bicyclic) bond motifs is 1. The zero-order valence-corrected chi connectivity index (χ0v) is 17.3. The van der Waals surface area contributed by atoms with Crippen LogP contribution in [0.2, 0.25) is 5.02 Å². The molecule has 2 aliphatic rings. The van der Waals surface area contributed by atoms with Gasteiger partial charge < -0.3 is 5.32 Å². The maximum absolute atomic E-state index is 13.2. The van der Waals surface area contributed by atoms with E-state index in [0.29, 0.717) is 6.04 Å². The fourth-order valence-electron chi connectivity index (χ4n) is 4.66. The van der Waals surface area contributed by atoms with Gasteiger partial charge in [-0.3, -0.25) is 9.69 Å². The first kappa shape index (κ1) is 20.7. The van der Waals surface area contributed by atoms with Crippen molar-refractivity contribution in [3.05, 3.63) is 56.7 Å². The summed E-state index contributed by atoms with van der Waals surface area (Å²) in [5.41, 5.74) is -0.145. The second kappa shape index (κ2) is 8.28. The first-order chi connectivity index (χ1) is 13.9. The Balaban J connectivity index is 1.62. The molecule has 4 rings (SSSR count). The lowest BCUT2D eigenvalue weighted by molar-refractivity contribution is -0.137. The monoisotopic (exact) mass is 442 g/mol. The summed E-state index contributed by atoms with van der Waals surface area (Å²) in [5, 5.41) is 6.40. The molecule has 0 aliphatic carbocycles. The zero-order valence-electron chi connectivity index (χ0n) is 15.7. The SMILES string of the molecule is O=C(N[C@@H](c1ccsc1)[C@H]1CC[C@H]2CCCCN21)c1cccc(C(F)(F)F)c1Cl. The second-order valence-electron chi connectivity index (χ2n) is 7.70. The van der Waals surface area contributed by atoms with E-state index < -0.39 is 22.7 Å². The summed E-state index contributed by atoms with van der Waals surface area (Å²) in [5.74, 6) is -0.572. The van der Waals surface area contributed by atoms with Crippen LogP contribution in [0.4, 0.5) is 13.2 Å². The molecule has 0 radical (unpaired) electrons. The maximum Gasteiger partial charge on any atom is 0.417 e. The fourth-order valence-corrected chi connectivity index (χ4v) is 5.67. The summed E-state index contributed by atoms with van der Waals surface area (Å²) >= 11 is 7.52. The summed E-state index contributed by atoms with van der Waals surface area (Å²) in [6.07, 6.45) is 0.972. The number of thiophene rings is 1. The van der Waals surface area contributed by atoms with E-state index in [1.165, 1.54) is 25.0 Å². The molecular formula is C21H22ClF3N2OS. The van der Waals surface area contributed by atoms with E-state index in [1.54, 1.807) is 11.3 Å². The minimum Gasteiger partial charge on any atom is -0.344 e. The van der Waals surface area contributed by atoms with Gasteiger partial charge in [-0.15, -0.1) is 0 Å². The van der Waals surface area contributed by atoms with E-state index in [4.69, 9.17) is 11.6 Å². The van der Waals surface area contributed by atoms with Gasteiger partial charge in [-0.1, -0.05) is 24.1 Å². The summed E-state index contributed by atoms with van der Waals surface area (Å²) in [4.78, 5) is 15.5. The number of benzene rings is 1. The van der Waals surface area contributed by atoms with Crippen LogP contribution in [0.3, 0.4) is 0 Å². The van der Waals surface area contributed by atoms with E-state index in [-0.39, 0.29) is 17.6 Å². The van der Waals surface area contributed by atoms with Gasteiger partial charge in [0.25, 0.3) is 5.91 Å². The van der Waals surface area contributed by atoms with Crippen molar-refractivity contribution >= 4 is 28.8 Å². The normalized spacial score (nSPS) is 23.6. The number of halogens is 4. The second-order valence-corrected chi connectivity index (χ2v) is 8.86. The highest BCUT2D eigenvalue weighted by Gasteiger charge is 2.41. The van der Waals surface area contributed by atoms with Gasteiger partial charge >= 0.3 is 6.18 Å². The van der Waals surface area contributed by atoms with Gasteiger partial charge in [0.05, 0.1) is 22.2 Å². The molecule has 2 aromatic rings. The number of piperidine rings is 1. The van der Waals surface area contributed by atoms with Gasteiger partial charge in [-0.2, -0.15) is 24.5 Å². The summed E-state index contributed by atoms with van der Waals surface area (Å²) in [7, 11) is 0. The topological polar surface area (TPSA) is 32.3 Å². The van der Waals surface area contributed by atoms with Crippen LogP contribution in [0, 0.1) is 0 Å². The number of amides is 1. The number of carbonyl (C=O) groups is 1. The van der Waals surface area contributed by atoms with E-state index in [1.807, 2.05) is 16.8 Å². The highest BCUT2D eigenvalue weighted by Crippen LogP contribution is 2.39. The Hall–Kier alpha value is -1.57. The van der Waals surface area contributed by atoms with Gasteiger partial charge in [0, 0.05) is 12.1 Å². The quantitative estimate of drug-likeness (QED) is 0.638. The van der Waals surface area contributed by atoms with E-state index in [2.05, 4.69) is 10.2 Å². The van der Waals surface area contributed by atoms with Crippen molar-refractivity contribution in [3.63, 3.8) is 0 Å². The third-order valence-electron chi connectivity index (χ3n) is 6.02. The summed E-state index contributed by atoms with van der Waals surface area (Å²) in [6.45, 7) is 0.996. The van der Waals surface area contributed by atoms with Crippen molar-refractivity contribution < 1.29 is 18.0 Å². The molecule has 1 amide bonds. The number of carbonyl (C=O) groups excluding carboxylic acids is 1. The Labute approximate surface area is 176 Å². The number of alkyl halides is 3. The van der Waals surface area contributed by atoms with Gasteiger partial charge in [0.15, 0.2) is 0 Å². The van der Waals surface area contributed by atoms with E-state index >= 15 is 0 Å². The van der Waals surface area contributed by atoms with Gasteiger partial charge in [-0.05, 0) is 66.8 Å². The summed E-state index contributed by atoms with van der Waals surface area (Å²) in [6, 6.07) is 5.83. The van der Waals surface area contributed by atoms with Crippen LogP contribution >= 0.6 is 22.9 Å². The molecule has 3 nitrogen and oxygen atoms in total. The molecule has 2 fully saturated rings. The van der Waals surface area contributed by atoms with Crippen molar-refractivity contribution in [2.24, 2.45) is 0 Å². The lowest BCUT2D eigenvalue weighted by Gasteiger charge is -2.38. The van der Waals surface area contributed by atoms with Crippen molar-refractivity contribution in [2.75, 3.05) is 6.54 Å². The maximum atomic E-state index is 13.2. The Morgan fingerprint density at radius 1 is 1.21 bits per heavy atom. The van der Waals surface area contributed by atoms with Crippen molar-refractivity contribution in [2.45, 2.75) is 56.4 Å². The molecule has 3 heterocycles. The molecule has 3 atom stereocenters. The molecule has 1 N–H and O–H groups in total. The van der Waals surface area contributed by atoms with Crippen LogP contribution < -0.4 is 5.32 Å². The predicted octanol–water partition coefficient (Wildman–Crippen LogP) is 5.91. The number of nitrogens with zero attached hydrogens (tertiary/aromatic N) is 1. The minimum atomic E-state index is -4.60. The average molecular weight is 443 g/mol. The van der Waals surface area contributed by atoms with Crippen molar-refractivity contribution in [1.82, 2.24) is 10.2 Å². The molecule has 0 saturated carbocycles. The van der Waals surface area contributed by atoms with Crippen LogP contribution in [0.1, 0.15) is 59.6 Å². The number of rotatable bonds is 4. The van der Waals surface area contributed by atoms with Crippen molar-refractivity contribution in [3.8, 4) is 0 Å². The van der Waals surface area contributed by atoms with Crippen LogP contribution in [0.25, 0.3) is 0 Å². The smallest absolute Gasteiger partial charge is 0.344 e. The highest BCUT2D eigenvalue weighted by atomic mass is 35.5. The molecule has 2 aliphatic heterocycles. The molecule has 8 heteroatoms. The molecule has 0 spiro atoms. The van der Waals surface area contributed by atoms with Gasteiger partial charge in [0.1, 0.15) is 0 Å². The summed E-state index contributed by atoms with van der Waals surface area (Å²) < 4.78 is 39.6. The lowest BCUT2D eigenvalue weighted by Crippen LogP contribution is -2.47. The lowest BCUT2D eigenvalue weighted by atomic mass is 9.98. The third-order valence-corrected chi connectivity index (χ3v) is 7.13. The highest BCUT2D eigenvalue weighted by molar-refractivity contribution is 7.08. The molecule has 29 heavy (non-hydrogen) atoms. The average Bonchev–Trinajstić information content (AvgIpc) is 3.35. The zero-order chi connectivity index (χ0) is 20.6. The van der Waals surface area contributed by atoms with E-state index in [9.17, 15) is 18.0 Å². The van der Waals surface area contributed by atoms with Crippen molar-refractivity contribution in [1.29, 1.82) is 0 Å². The standard InChI is InChI=1S/C21H22ClF3N2OS/c22-18-15(5-3-6-16(18)21(23,24)25)20(28)26-19(13-9-11-29-12-13)17-8-7-14-4-1-2-10-27(14)17/h3,5-6,9,11-12,14,17,19H,1-2,4,7-8,10H2,(H,26,28)/t14-,17-,19+/m1/s1. The number of hydrogen-bond donors (Lipinski definition) is 1. The number of hydrogen-bond acceptors (Lipinski definition) is 3. The van der Waals surface area contributed by atoms with Crippen LogP contribution in [-0.2, 0) is 6.18 Å². The molecule has 0 unspecified atom stereocenters. The van der Waals surface area contributed by atoms with Gasteiger partial charge in [0.2, 0.25) is 0 Å². The Kier molecular flexibility index (Phi) is 5.91. The number of nitrogens with one attached hydrogen (secondary N) is 1. The van der Waals surface area contributed by atoms with Crippen LogP contribution in [0.5, 0.6) is 0 Å². The molecule has 2 saturated heterocycles. The first-order valence-electron chi connectivity index (χ1n) is 9.80. The van der Waals surface area contributed by atoms with Crippen LogP contribution in [0.15, 0.2) is 35.0 Å². The predicted molar refractivity (Wildman–Crippen MR) is 108 cm³/mol. The molecule has 1 aromatic heterocycles. The Bertz CT molecular complexity index is 871. The molecule has 0 bridgehead atoms. The fraction of sp³-hybridized carbons (Fsp3) is 0.476. The molecule has 1 aromatic carbocycles. The Morgan fingerprint density at radius 3 is 2.76 bits per heavy atom. The van der Waals surface area contributed by atoms with E-state index in [0.717, 1.165) is 37.4 Å². The Morgan fingerprint density at radius 2 is 2.03 bits per heavy atom.